The fourth-order valence-corrected chi connectivity index (χ4v) is 2.72. The molecule has 6 heteroatoms. The number of rotatable bonds is 4. The molecule has 0 aromatic rings. The van der Waals surface area contributed by atoms with Gasteiger partial charge in [0.1, 0.15) is 0 Å². The number of allylic oxidation sites excluding steroid dienone is 1. The number of piperazine rings is 1. The molecule has 1 fully saturated rings. The molecule has 6 nitrogen and oxygen atoms in total. The zero-order valence-corrected chi connectivity index (χ0v) is 12.3. The predicted molar refractivity (Wildman–Crippen MR) is 78.4 cm³/mol. The number of amides is 3. The number of hydrogen-bond donors (Lipinski definition) is 1. The maximum absolute atomic E-state index is 12.0. The largest absolute Gasteiger partial charge is 0.348 e. The van der Waals surface area contributed by atoms with Crippen LogP contribution in [0.2, 0.25) is 0 Å². The first-order chi connectivity index (χ1) is 10.2. The summed E-state index contributed by atoms with van der Waals surface area (Å²) in [5, 5.41) is 2.70. The Labute approximate surface area is 125 Å². The lowest BCUT2D eigenvalue weighted by Crippen LogP contribution is -2.52. The van der Waals surface area contributed by atoms with Gasteiger partial charge in [-0.1, -0.05) is 11.6 Å². The van der Waals surface area contributed by atoms with Crippen molar-refractivity contribution >= 4 is 18.2 Å². The van der Waals surface area contributed by atoms with Crippen LogP contribution in [-0.2, 0) is 14.4 Å². The quantitative estimate of drug-likeness (QED) is 0.460. The highest BCUT2D eigenvalue weighted by atomic mass is 16.2. The summed E-state index contributed by atoms with van der Waals surface area (Å²) in [6, 6.07) is 0. The van der Waals surface area contributed by atoms with Gasteiger partial charge in [0.05, 0.1) is 0 Å². The van der Waals surface area contributed by atoms with Gasteiger partial charge in [-0.15, -0.1) is 0 Å². The number of hydrogen-bond acceptors (Lipinski definition) is 3. The summed E-state index contributed by atoms with van der Waals surface area (Å²) >= 11 is 0. The van der Waals surface area contributed by atoms with E-state index >= 15 is 0 Å². The molecule has 1 aliphatic heterocycles. The number of nitrogens with one attached hydrogen (secondary N) is 1. The Morgan fingerprint density at radius 1 is 1.19 bits per heavy atom. The van der Waals surface area contributed by atoms with Crippen LogP contribution in [0.4, 0.5) is 0 Å². The van der Waals surface area contributed by atoms with Crippen molar-refractivity contribution in [3.8, 4) is 0 Å². The Hall–Kier alpha value is -1.85. The fraction of sp³-hybridized carbons (Fsp3) is 0.667. The topological polar surface area (TPSA) is 69.7 Å². The van der Waals surface area contributed by atoms with E-state index in [2.05, 4.69) is 11.4 Å². The van der Waals surface area contributed by atoms with Crippen LogP contribution in [0, 0.1) is 0 Å². The van der Waals surface area contributed by atoms with Crippen LogP contribution in [0.15, 0.2) is 11.6 Å². The first-order valence-corrected chi connectivity index (χ1v) is 7.65. The van der Waals surface area contributed by atoms with Crippen LogP contribution in [0.25, 0.3) is 0 Å². The Kier molecular flexibility index (Phi) is 5.78. The van der Waals surface area contributed by atoms with Crippen molar-refractivity contribution in [3.63, 3.8) is 0 Å². The van der Waals surface area contributed by atoms with E-state index in [1.165, 1.54) is 23.3 Å². The molecule has 0 unspecified atom stereocenters. The van der Waals surface area contributed by atoms with E-state index in [0.29, 0.717) is 32.7 Å². The lowest BCUT2D eigenvalue weighted by atomic mass is 9.97. The van der Waals surface area contributed by atoms with Crippen LogP contribution in [-0.4, -0.2) is 60.7 Å². The smallest absolute Gasteiger partial charge is 0.312 e. The molecule has 3 amide bonds. The fourth-order valence-electron chi connectivity index (χ4n) is 2.72. The van der Waals surface area contributed by atoms with E-state index in [1.54, 1.807) is 4.90 Å². The van der Waals surface area contributed by atoms with Gasteiger partial charge in [0.25, 0.3) is 0 Å². The van der Waals surface area contributed by atoms with Crippen molar-refractivity contribution in [2.24, 2.45) is 0 Å². The van der Waals surface area contributed by atoms with Crippen molar-refractivity contribution in [1.29, 1.82) is 0 Å². The van der Waals surface area contributed by atoms with E-state index in [1.807, 2.05) is 0 Å². The SMILES string of the molecule is O=CN1CCN(C(=O)C(=O)NCCC2=CCCCC2)CC1. The maximum Gasteiger partial charge on any atom is 0.312 e. The van der Waals surface area contributed by atoms with Gasteiger partial charge in [-0.2, -0.15) is 0 Å². The third-order valence-electron chi connectivity index (χ3n) is 4.06. The summed E-state index contributed by atoms with van der Waals surface area (Å²) in [7, 11) is 0. The van der Waals surface area contributed by atoms with Crippen LogP contribution in [0.3, 0.4) is 0 Å². The zero-order valence-electron chi connectivity index (χ0n) is 12.3. The second-order valence-electron chi connectivity index (χ2n) is 5.55. The minimum absolute atomic E-state index is 0.427. The molecule has 1 saturated heterocycles. The third-order valence-corrected chi connectivity index (χ3v) is 4.06. The summed E-state index contributed by atoms with van der Waals surface area (Å²) < 4.78 is 0. The van der Waals surface area contributed by atoms with Crippen molar-refractivity contribution in [2.75, 3.05) is 32.7 Å². The minimum Gasteiger partial charge on any atom is -0.348 e. The van der Waals surface area contributed by atoms with Crippen LogP contribution in [0.1, 0.15) is 32.1 Å². The summed E-state index contributed by atoms with van der Waals surface area (Å²) in [6.07, 6.45) is 8.56. The zero-order chi connectivity index (χ0) is 15.1. The van der Waals surface area contributed by atoms with Crippen molar-refractivity contribution in [2.45, 2.75) is 32.1 Å². The van der Waals surface area contributed by atoms with Gasteiger partial charge in [-0.25, -0.2) is 0 Å². The molecule has 0 spiro atoms. The van der Waals surface area contributed by atoms with Crippen molar-refractivity contribution in [1.82, 2.24) is 15.1 Å². The highest BCUT2D eigenvalue weighted by Crippen LogP contribution is 2.19. The molecule has 116 valence electrons. The lowest BCUT2D eigenvalue weighted by Gasteiger charge is -2.32. The average Bonchev–Trinajstić information content (AvgIpc) is 2.55. The first-order valence-electron chi connectivity index (χ1n) is 7.65. The summed E-state index contributed by atoms with van der Waals surface area (Å²) in [6.45, 7) is 2.36. The van der Waals surface area contributed by atoms with Gasteiger partial charge in [0.2, 0.25) is 6.41 Å². The molecular weight excluding hydrogens is 270 g/mol. The third kappa shape index (κ3) is 4.58. The molecule has 0 atom stereocenters. The van der Waals surface area contributed by atoms with E-state index in [-0.39, 0.29) is 0 Å². The average molecular weight is 293 g/mol. The Morgan fingerprint density at radius 2 is 1.95 bits per heavy atom. The Morgan fingerprint density at radius 3 is 2.57 bits per heavy atom. The molecule has 21 heavy (non-hydrogen) atoms. The first kappa shape index (κ1) is 15.5. The monoisotopic (exact) mass is 293 g/mol. The van der Waals surface area contributed by atoms with Gasteiger partial charge in [-0.05, 0) is 32.1 Å². The molecule has 0 radical (unpaired) electrons. The van der Waals surface area contributed by atoms with Crippen LogP contribution in [0.5, 0.6) is 0 Å². The van der Waals surface area contributed by atoms with E-state index < -0.39 is 11.8 Å². The van der Waals surface area contributed by atoms with Gasteiger partial charge in [0, 0.05) is 32.7 Å². The molecule has 0 aromatic carbocycles. The Bertz CT molecular complexity index is 426. The Balaban J connectivity index is 1.69. The van der Waals surface area contributed by atoms with Gasteiger partial charge >= 0.3 is 11.8 Å². The van der Waals surface area contributed by atoms with Gasteiger partial charge < -0.3 is 15.1 Å². The van der Waals surface area contributed by atoms with E-state index in [4.69, 9.17) is 0 Å². The minimum atomic E-state index is -0.536. The second kappa shape index (κ2) is 7.81. The van der Waals surface area contributed by atoms with Gasteiger partial charge in [-0.3, -0.25) is 14.4 Å². The normalized spacial score (nSPS) is 19.0. The standard InChI is InChI=1S/C15H23N3O3/c19-12-17-8-10-18(11-9-17)15(21)14(20)16-7-6-13-4-2-1-3-5-13/h4,12H,1-3,5-11H2,(H,16,20). The highest BCUT2D eigenvalue weighted by molar-refractivity contribution is 6.35. The van der Waals surface area contributed by atoms with Crippen molar-refractivity contribution in [3.05, 3.63) is 11.6 Å². The molecule has 0 saturated carbocycles. The van der Waals surface area contributed by atoms with Crippen molar-refractivity contribution < 1.29 is 14.4 Å². The number of carbonyl (C=O) groups is 3. The molecule has 0 bridgehead atoms. The number of nitrogens with zero attached hydrogens (tertiary/aromatic N) is 2. The summed E-state index contributed by atoms with van der Waals surface area (Å²) in [5.74, 6) is -1.02. The molecular formula is C15H23N3O3. The molecule has 2 aliphatic rings. The molecule has 0 aromatic heterocycles. The molecule has 1 heterocycles. The molecule has 2 rings (SSSR count). The van der Waals surface area contributed by atoms with Gasteiger partial charge in [0.15, 0.2) is 0 Å². The predicted octanol–water partition coefficient (Wildman–Crippen LogP) is 0.294. The highest BCUT2D eigenvalue weighted by Gasteiger charge is 2.25. The molecule has 1 N–H and O–H groups in total. The summed E-state index contributed by atoms with van der Waals surface area (Å²) in [5.41, 5.74) is 1.38. The van der Waals surface area contributed by atoms with E-state index in [9.17, 15) is 14.4 Å². The van der Waals surface area contributed by atoms with Crippen LogP contribution >= 0.6 is 0 Å². The second-order valence-corrected chi connectivity index (χ2v) is 5.55. The van der Waals surface area contributed by atoms with E-state index in [0.717, 1.165) is 25.7 Å². The maximum atomic E-state index is 12.0. The molecule has 1 aliphatic carbocycles. The van der Waals surface area contributed by atoms with Crippen LogP contribution < -0.4 is 5.32 Å². The summed E-state index contributed by atoms with van der Waals surface area (Å²) in [4.78, 5) is 37.5. The lowest BCUT2D eigenvalue weighted by molar-refractivity contribution is -0.147. The number of carbonyl (C=O) groups excluding carboxylic acids is 3.